The van der Waals surface area contributed by atoms with E-state index in [1.807, 2.05) is 67.6 Å². The average Bonchev–Trinajstić information content (AvgIpc) is 2.47. The van der Waals surface area contributed by atoms with Gasteiger partial charge in [0.25, 0.3) is 0 Å². The summed E-state index contributed by atoms with van der Waals surface area (Å²) in [6.45, 7) is 2.55. The minimum Gasteiger partial charge on any atom is -0.325 e. The van der Waals surface area contributed by atoms with Crippen molar-refractivity contribution < 1.29 is 4.79 Å². The highest BCUT2D eigenvalue weighted by atomic mass is 16.2. The van der Waals surface area contributed by atoms with Crippen LogP contribution < -0.4 is 10.6 Å². The van der Waals surface area contributed by atoms with Crippen molar-refractivity contribution in [3.63, 3.8) is 0 Å². The van der Waals surface area contributed by atoms with Crippen molar-refractivity contribution in [1.82, 2.24) is 5.32 Å². The summed E-state index contributed by atoms with van der Waals surface area (Å²) in [7, 11) is 0. The van der Waals surface area contributed by atoms with Crippen molar-refractivity contribution in [3.05, 3.63) is 66.2 Å². The maximum Gasteiger partial charge on any atom is 0.241 e. The van der Waals surface area contributed by atoms with Gasteiger partial charge in [0.1, 0.15) is 0 Å². The third kappa shape index (κ3) is 4.23. The average molecular weight is 254 g/mol. The van der Waals surface area contributed by atoms with E-state index in [1.54, 1.807) is 0 Å². The van der Waals surface area contributed by atoms with Crippen molar-refractivity contribution in [3.8, 4) is 0 Å². The molecular weight excluding hydrogens is 236 g/mol. The van der Waals surface area contributed by atoms with E-state index in [2.05, 4.69) is 10.6 Å². The van der Waals surface area contributed by atoms with Gasteiger partial charge >= 0.3 is 0 Å². The molecule has 3 nitrogen and oxygen atoms in total. The van der Waals surface area contributed by atoms with Gasteiger partial charge in [0, 0.05) is 12.2 Å². The van der Waals surface area contributed by atoms with E-state index in [9.17, 15) is 4.79 Å². The zero-order valence-electron chi connectivity index (χ0n) is 11.0. The molecule has 0 spiro atoms. The first-order valence-corrected chi connectivity index (χ1v) is 6.39. The summed E-state index contributed by atoms with van der Waals surface area (Å²) < 4.78 is 0. The number of para-hydroxylation sites is 1. The second-order valence-corrected chi connectivity index (χ2v) is 4.44. The van der Waals surface area contributed by atoms with Gasteiger partial charge in [-0.25, -0.2) is 0 Å². The molecule has 1 amide bonds. The molecule has 0 heterocycles. The second kappa shape index (κ2) is 6.71. The Labute approximate surface area is 113 Å². The third-order valence-electron chi connectivity index (χ3n) is 2.89. The Kier molecular flexibility index (Phi) is 4.70. The molecule has 0 aliphatic carbocycles. The Balaban J connectivity index is 1.83. The number of rotatable bonds is 5. The van der Waals surface area contributed by atoms with Crippen molar-refractivity contribution >= 4 is 11.6 Å². The van der Waals surface area contributed by atoms with Crippen LogP contribution in [0.4, 0.5) is 5.69 Å². The number of carbonyl (C=O) groups is 1. The molecule has 19 heavy (non-hydrogen) atoms. The van der Waals surface area contributed by atoms with Crippen LogP contribution in [0.3, 0.4) is 0 Å². The molecule has 0 aliphatic rings. The lowest BCUT2D eigenvalue weighted by Gasteiger charge is -2.14. The van der Waals surface area contributed by atoms with Gasteiger partial charge < -0.3 is 10.6 Å². The molecule has 98 valence electrons. The minimum absolute atomic E-state index is 0.0258. The molecule has 2 aromatic carbocycles. The Hall–Kier alpha value is -2.13. The van der Waals surface area contributed by atoms with Gasteiger partial charge in [0.2, 0.25) is 5.91 Å². The topological polar surface area (TPSA) is 41.1 Å². The van der Waals surface area contributed by atoms with Gasteiger partial charge in [-0.1, -0.05) is 48.5 Å². The van der Waals surface area contributed by atoms with E-state index in [1.165, 1.54) is 5.56 Å². The summed E-state index contributed by atoms with van der Waals surface area (Å²) in [6.07, 6.45) is 0. The largest absolute Gasteiger partial charge is 0.325 e. The van der Waals surface area contributed by atoms with Crippen LogP contribution in [0, 0.1) is 0 Å². The fourth-order valence-electron chi connectivity index (χ4n) is 1.73. The molecule has 0 bridgehead atoms. The van der Waals surface area contributed by atoms with Gasteiger partial charge in [-0.3, -0.25) is 4.79 Å². The number of amides is 1. The quantitative estimate of drug-likeness (QED) is 0.861. The first-order valence-electron chi connectivity index (χ1n) is 6.39. The van der Waals surface area contributed by atoms with Gasteiger partial charge in [0.15, 0.2) is 0 Å². The monoisotopic (exact) mass is 254 g/mol. The van der Waals surface area contributed by atoms with Crippen molar-refractivity contribution in [2.45, 2.75) is 19.5 Å². The summed E-state index contributed by atoms with van der Waals surface area (Å²) in [6, 6.07) is 19.3. The first kappa shape index (κ1) is 13.3. The van der Waals surface area contributed by atoms with E-state index in [4.69, 9.17) is 0 Å². The fourth-order valence-corrected chi connectivity index (χ4v) is 1.73. The zero-order chi connectivity index (χ0) is 13.5. The summed E-state index contributed by atoms with van der Waals surface area (Å²) in [5, 5.41) is 6.08. The fraction of sp³-hybridized carbons (Fsp3) is 0.188. The minimum atomic E-state index is -0.236. The predicted octanol–water partition coefficient (Wildman–Crippen LogP) is 2.80. The van der Waals surface area contributed by atoms with Gasteiger partial charge in [0.05, 0.1) is 6.04 Å². The number of hydrogen-bond donors (Lipinski definition) is 2. The molecule has 3 heteroatoms. The Bertz CT molecular complexity index is 511. The number of benzene rings is 2. The highest BCUT2D eigenvalue weighted by molar-refractivity contribution is 5.94. The van der Waals surface area contributed by atoms with Crippen LogP contribution in [0.2, 0.25) is 0 Å². The highest BCUT2D eigenvalue weighted by Gasteiger charge is 2.11. The standard InChI is InChI=1S/C16H18N2O/c1-13(17-12-14-8-4-2-5-9-14)16(19)18-15-10-6-3-7-11-15/h2-11,13,17H,12H2,1H3,(H,18,19)/t13-/m1/s1. The lowest BCUT2D eigenvalue weighted by molar-refractivity contribution is -0.117. The van der Waals surface area contributed by atoms with Crippen LogP contribution in [-0.2, 0) is 11.3 Å². The summed E-state index contributed by atoms with van der Waals surface area (Å²) in [4.78, 5) is 12.0. The van der Waals surface area contributed by atoms with E-state index in [0.717, 1.165) is 5.69 Å². The zero-order valence-corrected chi connectivity index (χ0v) is 11.0. The molecule has 0 aliphatic heterocycles. The molecule has 0 radical (unpaired) electrons. The molecule has 2 aromatic rings. The van der Waals surface area contributed by atoms with Crippen LogP contribution in [0.25, 0.3) is 0 Å². The summed E-state index contributed by atoms with van der Waals surface area (Å²) in [5.74, 6) is -0.0258. The third-order valence-corrected chi connectivity index (χ3v) is 2.89. The van der Waals surface area contributed by atoms with Crippen molar-refractivity contribution in [1.29, 1.82) is 0 Å². The predicted molar refractivity (Wildman–Crippen MR) is 77.8 cm³/mol. The Morgan fingerprint density at radius 1 is 1.00 bits per heavy atom. The van der Waals surface area contributed by atoms with Crippen molar-refractivity contribution in [2.75, 3.05) is 5.32 Å². The van der Waals surface area contributed by atoms with Gasteiger partial charge in [-0.15, -0.1) is 0 Å². The van der Waals surface area contributed by atoms with Gasteiger partial charge in [-0.05, 0) is 24.6 Å². The van der Waals surface area contributed by atoms with E-state index in [-0.39, 0.29) is 11.9 Å². The van der Waals surface area contributed by atoms with E-state index < -0.39 is 0 Å². The maximum atomic E-state index is 12.0. The molecule has 1 atom stereocenters. The van der Waals surface area contributed by atoms with E-state index in [0.29, 0.717) is 6.54 Å². The number of anilines is 1. The van der Waals surface area contributed by atoms with Crippen LogP contribution in [0.5, 0.6) is 0 Å². The lowest BCUT2D eigenvalue weighted by Crippen LogP contribution is -2.37. The summed E-state index contributed by atoms with van der Waals surface area (Å²) >= 11 is 0. The lowest BCUT2D eigenvalue weighted by atomic mass is 10.2. The first-order chi connectivity index (χ1) is 9.25. The van der Waals surface area contributed by atoms with Crippen LogP contribution in [-0.4, -0.2) is 11.9 Å². The molecule has 0 unspecified atom stereocenters. The molecule has 0 saturated heterocycles. The second-order valence-electron chi connectivity index (χ2n) is 4.44. The highest BCUT2D eigenvalue weighted by Crippen LogP contribution is 2.05. The van der Waals surface area contributed by atoms with Crippen molar-refractivity contribution in [2.24, 2.45) is 0 Å². The van der Waals surface area contributed by atoms with Crippen LogP contribution in [0.15, 0.2) is 60.7 Å². The molecule has 2 rings (SSSR count). The normalized spacial score (nSPS) is 11.8. The van der Waals surface area contributed by atoms with Crippen LogP contribution >= 0.6 is 0 Å². The van der Waals surface area contributed by atoms with E-state index >= 15 is 0 Å². The molecule has 2 N–H and O–H groups in total. The number of carbonyl (C=O) groups excluding carboxylic acids is 1. The molecule has 0 saturated carbocycles. The molecule has 0 fully saturated rings. The summed E-state index contributed by atoms with van der Waals surface area (Å²) in [5.41, 5.74) is 1.99. The Morgan fingerprint density at radius 2 is 1.58 bits per heavy atom. The number of nitrogens with one attached hydrogen (secondary N) is 2. The number of hydrogen-bond acceptors (Lipinski definition) is 2. The van der Waals surface area contributed by atoms with Crippen LogP contribution in [0.1, 0.15) is 12.5 Å². The SMILES string of the molecule is C[C@@H](NCc1ccccc1)C(=O)Nc1ccccc1. The molecular formula is C16H18N2O. The Morgan fingerprint density at radius 3 is 2.21 bits per heavy atom. The molecule has 0 aromatic heterocycles. The maximum absolute atomic E-state index is 12.0. The van der Waals surface area contributed by atoms with Gasteiger partial charge in [-0.2, -0.15) is 0 Å². The smallest absolute Gasteiger partial charge is 0.241 e.